The average molecular weight is 506 g/mol. The number of aromatic nitrogens is 3. The summed E-state index contributed by atoms with van der Waals surface area (Å²) in [5.41, 5.74) is 3.21. The normalized spacial score (nSPS) is 30.6. The SMILES string of the molecule is Cc1cc2cnc(NC(=O)[C@H]3[C@@H](C)[C@@H]3c3cnn(C)c3)cc2cc1C1CCN([C@@]2(C)COC[C@H]2F)CC1. The highest BCUT2D eigenvalue weighted by atomic mass is 19.1. The summed E-state index contributed by atoms with van der Waals surface area (Å²) in [4.78, 5) is 19.9. The van der Waals surface area contributed by atoms with Gasteiger partial charge in [0.05, 0.1) is 24.9 Å². The fourth-order valence-electron chi connectivity index (χ4n) is 6.66. The minimum atomic E-state index is -0.925. The lowest BCUT2D eigenvalue weighted by atomic mass is 9.83. The van der Waals surface area contributed by atoms with Crippen molar-refractivity contribution in [3.63, 3.8) is 0 Å². The van der Waals surface area contributed by atoms with Gasteiger partial charge in [0.2, 0.25) is 5.91 Å². The Kier molecular flexibility index (Phi) is 6.07. The van der Waals surface area contributed by atoms with E-state index in [4.69, 9.17) is 4.74 Å². The Morgan fingerprint density at radius 2 is 1.97 bits per heavy atom. The summed E-state index contributed by atoms with van der Waals surface area (Å²) in [7, 11) is 1.90. The molecule has 3 aromatic rings. The lowest BCUT2D eigenvalue weighted by molar-refractivity contribution is -0.117. The third-order valence-electron chi connectivity index (χ3n) is 9.14. The van der Waals surface area contributed by atoms with Gasteiger partial charge < -0.3 is 10.1 Å². The van der Waals surface area contributed by atoms with Crippen LogP contribution in [0.4, 0.5) is 10.2 Å². The number of aryl methyl sites for hydroxylation is 2. The molecule has 3 fully saturated rings. The van der Waals surface area contributed by atoms with Crippen LogP contribution in [0.2, 0.25) is 0 Å². The van der Waals surface area contributed by atoms with Gasteiger partial charge >= 0.3 is 0 Å². The van der Waals surface area contributed by atoms with E-state index in [2.05, 4.69) is 46.3 Å². The van der Waals surface area contributed by atoms with Gasteiger partial charge in [-0.2, -0.15) is 5.10 Å². The maximum Gasteiger partial charge on any atom is 0.229 e. The van der Waals surface area contributed by atoms with Crippen molar-refractivity contribution in [3.8, 4) is 0 Å². The van der Waals surface area contributed by atoms with Crippen LogP contribution in [0.1, 0.15) is 55.2 Å². The molecule has 196 valence electrons. The van der Waals surface area contributed by atoms with Gasteiger partial charge in [-0.25, -0.2) is 9.37 Å². The van der Waals surface area contributed by atoms with Crippen LogP contribution in [-0.2, 0) is 16.6 Å². The molecule has 2 aliphatic heterocycles. The number of anilines is 1. The quantitative estimate of drug-likeness (QED) is 0.550. The number of amides is 1. The lowest BCUT2D eigenvalue weighted by Gasteiger charge is -2.43. The van der Waals surface area contributed by atoms with Crippen LogP contribution in [0.25, 0.3) is 10.8 Å². The Hall–Kier alpha value is -2.84. The predicted octanol–water partition coefficient (Wildman–Crippen LogP) is 4.57. The standard InChI is InChI=1S/C29H36FN5O2/c1-17-9-21-12-31-25(33-28(36)27-18(2)26(27)22-13-32-34(4)14-22)11-20(21)10-23(17)19-5-7-35(8-6-19)29(3)16-37-15-24(29)30/h9-14,18-19,24,26-27H,5-8,15-16H2,1-4H3,(H,31,33,36)/t18-,24+,26+,27-,29-/m0/s1. The van der Waals surface area contributed by atoms with Crippen LogP contribution in [0.15, 0.2) is 36.8 Å². The Labute approximate surface area is 217 Å². The highest BCUT2D eigenvalue weighted by molar-refractivity contribution is 5.96. The maximum atomic E-state index is 14.5. The fourth-order valence-corrected chi connectivity index (χ4v) is 6.66. The van der Waals surface area contributed by atoms with Gasteiger partial charge in [0.25, 0.3) is 0 Å². The number of pyridine rings is 1. The average Bonchev–Trinajstić information content (AvgIpc) is 3.15. The van der Waals surface area contributed by atoms with Crippen molar-refractivity contribution < 1.29 is 13.9 Å². The first-order chi connectivity index (χ1) is 17.7. The summed E-state index contributed by atoms with van der Waals surface area (Å²) < 4.78 is 21.7. The van der Waals surface area contributed by atoms with Crippen molar-refractivity contribution in [1.29, 1.82) is 0 Å². The molecule has 1 saturated carbocycles. The highest BCUT2D eigenvalue weighted by Gasteiger charge is 2.53. The van der Waals surface area contributed by atoms with Crippen LogP contribution < -0.4 is 5.32 Å². The molecule has 7 nitrogen and oxygen atoms in total. The summed E-state index contributed by atoms with van der Waals surface area (Å²) in [6.45, 7) is 8.69. The number of fused-ring (bicyclic) bond motifs is 1. The van der Waals surface area contributed by atoms with Crippen LogP contribution in [0.5, 0.6) is 0 Å². The topological polar surface area (TPSA) is 72.3 Å². The molecule has 8 heteroatoms. The number of rotatable bonds is 5. The Balaban J connectivity index is 1.16. The molecule has 1 amide bonds. The van der Waals surface area contributed by atoms with Gasteiger partial charge in [0, 0.05) is 36.7 Å². The molecule has 0 spiro atoms. The van der Waals surface area contributed by atoms with Crippen molar-refractivity contribution in [2.24, 2.45) is 18.9 Å². The zero-order chi connectivity index (χ0) is 25.9. The number of carbonyl (C=O) groups excluding carboxylic acids is 1. The van der Waals surface area contributed by atoms with E-state index < -0.39 is 11.7 Å². The number of nitrogens with zero attached hydrogens (tertiary/aromatic N) is 4. The smallest absolute Gasteiger partial charge is 0.229 e. The van der Waals surface area contributed by atoms with E-state index >= 15 is 0 Å². The first-order valence-electron chi connectivity index (χ1n) is 13.4. The summed E-state index contributed by atoms with van der Waals surface area (Å²) in [6, 6.07) is 6.45. The molecule has 0 bridgehead atoms. The summed E-state index contributed by atoms with van der Waals surface area (Å²) in [5.74, 6) is 1.48. The number of hydrogen-bond donors (Lipinski definition) is 1. The van der Waals surface area contributed by atoms with E-state index in [9.17, 15) is 9.18 Å². The molecule has 4 heterocycles. The molecule has 37 heavy (non-hydrogen) atoms. The second kappa shape index (κ2) is 9.17. The second-order valence-electron chi connectivity index (χ2n) is 11.6. The Morgan fingerprint density at radius 3 is 2.65 bits per heavy atom. The van der Waals surface area contributed by atoms with E-state index in [1.807, 2.05) is 38.6 Å². The van der Waals surface area contributed by atoms with Crippen LogP contribution in [0.3, 0.4) is 0 Å². The molecule has 5 atom stereocenters. The van der Waals surface area contributed by atoms with Crippen molar-refractivity contribution in [3.05, 3.63) is 53.5 Å². The Morgan fingerprint density at radius 1 is 1.19 bits per heavy atom. The van der Waals surface area contributed by atoms with Crippen molar-refractivity contribution in [1.82, 2.24) is 19.7 Å². The summed E-state index contributed by atoms with van der Waals surface area (Å²) in [6.07, 6.45) is 6.77. The largest absolute Gasteiger partial charge is 0.376 e. The van der Waals surface area contributed by atoms with Crippen LogP contribution in [-0.4, -0.2) is 63.6 Å². The van der Waals surface area contributed by atoms with Gasteiger partial charge in [-0.1, -0.05) is 13.0 Å². The predicted molar refractivity (Wildman–Crippen MR) is 141 cm³/mol. The monoisotopic (exact) mass is 505 g/mol. The lowest BCUT2D eigenvalue weighted by Crippen LogP contribution is -2.55. The van der Waals surface area contributed by atoms with Gasteiger partial charge in [-0.05, 0) is 85.8 Å². The fraction of sp³-hybridized carbons (Fsp3) is 0.552. The molecule has 0 radical (unpaired) electrons. The highest BCUT2D eigenvalue weighted by Crippen LogP contribution is 2.54. The minimum Gasteiger partial charge on any atom is -0.376 e. The number of halogens is 1. The van der Waals surface area contributed by atoms with Gasteiger partial charge in [-0.3, -0.25) is 14.4 Å². The first kappa shape index (κ1) is 24.5. The number of ether oxygens (including phenoxy) is 1. The molecule has 6 rings (SSSR count). The molecule has 0 unspecified atom stereocenters. The van der Waals surface area contributed by atoms with Gasteiger partial charge in [0.15, 0.2) is 0 Å². The molecule has 2 aromatic heterocycles. The molecule has 1 aromatic carbocycles. The van der Waals surface area contributed by atoms with E-state index in [1.165, 1.54) is 11.1 Å². The zero-order valence-corrected chi connectivity index (χ0v) is 22.1. The van der Waals surface area contributed by atoms with E-state index in [-0.39, 0.29) is 30.3 Å². The molecule has 3 aliphatic rings. The summed E-state index contributed by atoms with van der Waals surface area (Å²) >= 11 is 0. The molecular formula is C29H36FN5O2. The van der Waals surface area contributed by atoms with Crippen molar-refractivity contribution >= 4 is 22.5 Å². The Bertz CT molecular complexity index is 1330. The number of alkyl halides is 1. The number of likely N-dealkylation sites (tertiary alicyclic amines) is 1. The number of hydrogen-bond acceptors (Lipinski definition) is 5. The minimum absolute atomic E-state index is 0.0171. The number of piperidine rings is 1. The van der Waals surface area contributed by atoms with E-state index in [0.717, 1.165) is 42.3 Å². The number of carbonyl (C=O) groups is 1. The molecule has 1 aliphatic carbocycles. The first-order valence-corrected chi connectivity index (χ1v) is 13.4. The second-order valence-corrected chi connectivity index (χ2v) is 11.6. The third kappa shape index (κ3) is 4.34. The van der Waals surface area contributed by atoms with E-state index in [1.54, 1.807) is 4.68 Å². The van der Waals surface area contributed by atoms with Crippen LogP contribution in [0, 0.1) is 18.8 Å². The zero-order valence-electron chi connectivity index (χ0n) is 22.1. The maximum absolute atomic E-state index is 14.5. The van der Waals surface area contributed by atoms with Crippen LogP contribution >= 0.6 is 0 Å². The molecular weight excluding hydrogens is 469 g/mol. The number of benzene rings is 1. The third-order valence-corrected chi connectivity index (χ3v) is 9.14. The van der Waals surface area contributed by atoms with Crippen molar-refractivity contribution in [2.45, 2.75) is 57.2 Å². The van der Waals surface area contributed by atoms with Gasteiger partial charge in [-0.15, -0.1) is 0 Å². The molecule has 1 N–H and O–H groups in total. The van der Waals surface area contributed by atoms with Crippen molar-refractivity contribution in [2.75, 3.05) is 31.6 Å². The molecule has 2 saturated heterocycles. The summed E-state index contributed by atoms with van der Waals surface area (Å²) in [5, 5.41) is 9.47. The number of nitrogens with one attached hydrogen (secondary N) is 1. The van der Waals surface area contributed by atoms with E-state index in [0.29, 0.717) is 18.3 Å². The van der Waals surface area contributed by atoms with Gasteiger partial charge in [0.1, 0.15) is 12.0 Å².